The van der Waals surface area contributed by atoms with Crippen LogP contribution in [0.25, 0.3) is 0 Å². The number of hydrogen-bond acceptors (Lipinski definition) is 2. The van der Waals surface area contributed by atoms with Crippen molar-refractivity contribution in [1.82, 2.24) is 0 Å². The second kappa shape index (κ2) is 6.42. The third-order valence-electron chi connectivity index (χ3n) is 3.79. The number of anilines is 1. The number of aryl methyl sites for hydroxylation is 1. The molecule has 19 heavy (non-hydrogen) atoms. The standard InChI is InChI=1S/C17H28N2/c1-4-9-19(12-15-6-7-15)17-8-5-13(2)10-16(17)11-14(3)18/h5,8,10,14-15H,4,6-7,9,11-12,18H2,1-3H3. The smallest absolute Gasteiger partial charge is 0.0399 e. The van der Waals surface area contributed by atoms with Crippen molar-refractivity contribution in [2.45, 2.75) is 52.5 Å². The molecule has 1 aromatic rings. The number of hydrogen-bond donors (Lipinski definition) is 1. The molecule has 0 heterocycles. The van der Waals surface area contributed by atoms with E-state index in [2.05, 4.69) is 43.9 Å². The third kappa shape index (κ3) is 4.24. The van der Waals surface area contributed by atoms with E-state index in [1.54, 1.807) is 0 Å². The van der Waals surface area contributed by atoms with Gasteiger partial charge >= 0.3 is 0 Å². The van der Waals surface area contributed by atoms with Crippen LogP contribution in [0.15, 0.2) is 18.2 Å². The van der Waals surface area contributed by atoms with Gasteiger partial charge in [-0.1, -0.05) is 24.6 Å². The molecule has 1 atom stereocenters. The van der Waals surface area contributed by atoms with E-state index in [9.17, 15) is 0 Å². The molecule has 1 aliphatic rings. The largest absolute Gasteiger partial charge is 0.371 e. The molecule has 0 saturated heterocycles. The summed E-state index contributed by atoms with van der Waals surface area (Å²) in [6, 6.07) is 7.07. The SMILES string of the molecule is CCCN(CC1CC1)c1ccc(C)cc1CC(C)N. The maximum Gasteiger partial charge on any atom is 0.0399 e. The first-order valence-corrected chi connectivity index (χ1v) is 7.70. The Hall–Kier alpha value is -1.02. The van der Waals surface area contributed by atoms with Crippen molar-refractivity contribution >= 4 is 5.69 Å². The van der Waals surface area contributed by atoms with Crippen LogP contribution in [0.3, 0.4) is 0 Å². The summed E-state index contributed by atoms with van der Waals surface area (Å²) in [5.41, 5.74) is 10.2. The quantitative estimate of drug-likeness (QED) is 0.813. The summed E-state index contributed by atoms with van der Waals surface area (Å²) in [6.45, 7) is 8.91. The molecule has 1 aromatic carbocycles. The molecule has 1 aliphatic carbocycles. The van der Waals surface area contributed by atoms with Crippen LogP contribution in [0.2, 0.25) is 0 Å². The van der Waals surface area contributed by atoms with Crippen molar-refractivity contribution in [3.63, 3.8) is 0 Å². The van der Waals surface area contributed by atoms with Gasteiger partial charge in [-0.05, 0) is 57.1 Å². The van der Waals surface area contributed by atoms with E-state index < -0.39 is 0 Å². The molecule has 1 saturated carbocycles. The molecule has 0 aromatic heterocycles. The van der Waals surface area contributed by atoms with Gasteiger partial charge in [-0.2, -0.15) is 0 Å². The maximum atomic E-state index is 6.01. The summed E-state index contributed by atoms with van der Waals surface area (Å²) in [7, 11) is 0. The lowest BCUT2D eigenvalue weighted by molar-refractivity contribution is 0.692. The topological polar surface area (TPSA) is 29.3 Å². The van der Waals surface area contributed by atoms with Crippen LogP contribution in [-0.4, -0.2) is 19.1 Å². The molecule has 0 aliphatic heterocycles. The van der Waals surface area contributed by atoms with Crippen LogP contribution in [0.4, 0.5) is 5.69 Å². The number of nitrogens with zero attached hydrogens (tertiary/aromatic N) is 1. The highest BCUT2D eigenvalue weighted by molar-refractivity contribution is 5.55. The molecule has 0 radical (unpaired) electrons. The van der Waals surface area contributed by atoms with Gasteiger partial charge < -0.3 is 10.6 Å². The molecule has 0 bridgehead atoms. The fourth-order valence-electron chi connectivity index (χ4n) is 2.73. The van der Waals surface area contributed by atoms with Crippen LogP contribution in [0, 0.1) is 12.8 Å². The summed E-state index contributed by atoms with van der Waals surface area (Å²) in [5.74, 6) is 0.927. The summed E-state index contributed by atoms with van der Waals surface area (Å²) >= 11 is 0. The van der Waals surface area contributed by atoms with Crippen LogP contribution in [0.5, 0.6) is 0 Å². The van der Waals surface area contributed by atoms with Gasteiger partial charge in [0.2, 0.25) is 0 Å². The average molecular weight is 260 g/mol. The highest BCUT2D eigenvalue weighted by Crippen LogP contribution is 2.33. The molecule has 2 heteroatoms. The Labute approximate surface area is 118 Å². The van der Waals surface area contributed by atoms with E-state index >= 15 is 0 Å². The highest BCUT2D eigenvalue weighted by atomic mass is 15.1. The third-order valence-corrected chi connectivity index (χ3v) is 3.79. The minimum absolute atomic E-state index is 0.227. The predicted molar refractivity (Wildman–Crippen MR) is 83.8 cm³/mol. The monoisotopic (exact) mass is 260 g/mol. The normalized spacial score (nSPS) is 16.4. The van der Waals surface area contributed by atoms with Gasteiger partial charge in [-0.15, -0.1) is 0 Å². The second-order valence-electron chi connectivity index (χ2n) is 6.20. The molecule has 1 unspecified atom stereocenters. The molecule has 0 spiro atoms. The maximum absolute atomic E-state index is 6.01. The van der Waals surface area contributed by atoms with Crippen molar-refractivity contribution in [3.05, 3.63) is 29.3 Å². The van der Waals surface area contributed by atoms with Gasteiger partial charge in [0, 0.05) is 24.8 Å². The first-order valence-electron chi connectivity index (χ1n) is 7.70. The number of benzene rings is 1. The molecule has 2 nitrogen and oxygen atoms in total. The van der Waals surface area contributed by atoms with Crippen molar-refractivity contribution in [2.75, 3.05) is 18.0 Å². The summed E-state index contributed by atoms with van der Waals surface area (Å²) in [4.78, 5) is 2.58. The minimum atomic E-state index is 0.227. The summed E-state index contributed by atoms with van der Waals surface area (Å²) in [6.07, 6.45) is 5.00. The Morgan fingerprint density at radius 3 is 2.68 bits per heavy atom. The van der Waals surface area contributed by atoms with Crippen LogP contribution < -0.4 is 10.6 Å². The number of rotatable bonds is 7. The van der Waals surface area contributed by atoms with Crippen molar-refractivity contribution in [3.8, 4) is 0 Å². The van der Waals surface area contributed by atoms with E-state index in [-0.39, 0.29) is 6.04 Å². The van der Waals surface area contributed by atoms with Crippen LogP contribution >= 0.6 is 0 Å². The van der Waals surface area contributed by atoms with E-state index in [4.69, 9.17) is 5.73 Å². The predicted octanol–water partition coefficient (Wildman–Crippen LogP) is 3.51. The van der Waals surface area contributed by atoms with Gasteiger partial charge in [0.05, 0.1) is 0 Å². The summed E-state index contributed by atoms with van der Waals surface area (Å²) in [5, 5.41) is 0. The molecular weight excluding hydrogens is 232 g/mol. The van der Waals surface area contributed by atoms with E-state index in [0.717, 1.165) is 18.9 Å². The fourth-order valence-corrected chi connectivity index (χ4v) is 2.73. The lowest BCUT2D eigenvalue weighted by Crippen LogP contribution is -2.29. The molecule has 0 amide bonds. The Morgan fingerprint density at radius 2 is 2.11 bits per heavy atom. The Balaban J connectivity index is 2.22. The lowest BCUT2D eigenvalue weighted by Gasteiger charge is -2.27. The van der Waals surface area contributed by atoms with Crippen LogP contribution in [-0.2, 0) is 6.42 Å². The van der Waals surface area contributed by atoms with Crippen LogP contribution in [0.1, 0.15) is 44.2 Å². The fraction of sp³-hybridized carbons (Fsp3) is 0.647. The summed E-state index contributed by atoms with van der Waals surface area (Å²) < 4.78 is 0. The minimum Gasteiger partial charge on any atom is -0.371 e. The Morgan fingerprint density at radius 1 is 1.37 bits per heavy atom. The van der Waals surface area contributed by atoms with Gasteiger partial charge in [0.15, 0.2) is 0 Å². The zero-order valence-corrected chi connectivity index (χ0v) is 12.7. The lowest BCUT2D eigenvalue weighted by atomic mass is 10.0. The van der Waals surface area contributed by atoms with Gasteiger partial charge in [0.25, 0.3) is 0 Å². The van der Waals surface area contributed by atoms with E-state index in [1.165, 1.54) is 42.6 Å². The molecule has 1 fully saturated rings. The van der Waals surface area contributed by atoms with E-state index in [1.807, 2.05) is 0 Å². The molecule has 2 N–H and O–H groups in total. The zero-order valence-electron chi connectivity index (χ0n) is 12.7. The van der Waals surface area contributed by atoms with Gasteiger partial charge in [0.1, 0.15) is 0 Å². The van der Waals surface area contributed by atoms with E-state index in [0.29, 0.717) is 0 Å². The molecular formula is C17H28N2. The zero-order chi connectivity index (χ0) is 13.8. The molecule has 2 rings (SSSR count). The number of nitrogens with two attached hydrogens (primary N) is 1. The Kier molecular flexibility index (Phi) is 4.87. The molecule has 106 valence electrons. The van der Waals surface area contributed by atoms with Gasteiger partial charge in [-0.3, -0.25) is 0 Å². The second-order valence-corrected chi connectivity index (χ2v) is 6.20. The highest BCUT2D eigenvalue weighted by Gasteiger charge is 2.25. The van der Waals surface area contributed by atoms with Crippen molar-refractivity contribution in [1.29, 1.82) is 0 Å². The van der Waals surface area contributed by atoms with Crippen molar-refractivity contribution in [2.24, 2.45) is 11.7 Å². The first kappa shape index (κ1) is 14.4. The van der Waals surface area contributed by atoms with Gasteiger partial charge in [-0.25, -0.2) is 0 Å². The first-order chi connectivity index (χ1) is 9.10. The Bertz CT molecular complexity index is 408. The van der Waals surface area contributed by atoms with Crippen molar-refractivity contribution < 1.29 is 0 Å². The average Bonchev–Trinajstić information content (AvgIpc) is 3.12.